The van der Waals surface area contributed by atoms with Crippen molar-refractivity contribution in [2.75, 3.05) is 45.9 Å². The van der Waals surface area contributed by atoms with Gasteiger partial charge in [-0.15, -0.1) is 11.3 Å². The number of carboxylic acid groups (broad SMARTS) is 1. The highest BCUT2D eigenvalue weighted by Gasteiger charge is 2.26. The lowest BCUT2D eigenvalue weighted by molar-refractivity contribution is 0.0354. The number of hydrogen-bond acceptors (Lipinski definition) is 5. The highest BCUT2D eigenvalue weighted by atomic mass is 35.5. The molecule has 0 spiro atoms. The number of halogens is 1. The van der Waals surface area contributed by atoms with E-state index in [0.717, 1.165) is 58.5 Å². The first-order chi connectivity index (χ1) is 13.5. The zero-order valence-electron chi connectivity index (χ0n) is 15.9. The highest BCUT2D eigenvalue weighted by Crippen LogP contribution is 2.25. The van der Waals surface area contributed by atoms with E-state index in [0.29, 0.717) is 28.2 Å². The quantitative estimate of drug-likeness (QED) is 0.696. The van der Waals surface area contributed by atoms with E-state index in [1.54, 1.807) is 12.1 Å². The van der Waals surface area contributed by atoms with Gasteiger partial charge in [-0.05, 0) is 43.7 Å². The van der Waals surface area contributed by atoms with E-state index in [-0.39, 0.29) is 11.9 Å². The number of rotatable bonds is 7. The highest BCUT2D eigenvalue weighted by molar-refractivity contribution is 7.18. The van der Waals surface area contributed by atoms with Crippen molar-refractivity contribution >= 4 is 34.9 Å². The third-order valence-electron chi connectivity index (χ3n) is 5.53. The van der Waals surface area contributed by atoms with E-state index in [1.165, 1.54) is 16.2 Å². The second kappa shape index (κ2) is 10.4. The molecule has 1 aromatic rings. The zero-order valence-corrected chi connectivity index (χ0v) is 17.5. The van der Waals surface area contributed by atoms with Crippen LogP contribution in [0.1, 0.15) is 35.4 Å². The molecule has 1 atom stereocenters. The second-order valence-corrected chi connectivity index (χ2v) is 9.18. The van der Waals surface area contributed by atoms with Gasteiger partial charge >= 0.3 is 6.09 Å². The average molecular weight is 430 g/mol. The van der Waals surface area contributed by atoms with Crippen molar-refractivity contribution in [1.29, 1.82) is 0 Å². The molecule has 0 bridgehead atoms. The number of hydrogen-bond donors (Lipinski definition) is 2. The fourth-order valence-electron chi connectivity index (χ4n) is 3.87. The summed E-state index contributed by atoms with van der Waals surface area (Å²) >= 11 is 7.25. The number of likely N-dealkylation sites (tertiary alicyclic amines) is 1. The smallest absolute Gasteiger partial charge is 0.407 e. The van der Waals surface area contributed by atoms with Crippen LogP contribution in [0.5, 0.6) is 0 Å². The summed E-state index contributed by atoms with van der Waals surface area (Å²) in [5.74, 6) is 0.351. The summed E-state index contributed by atoms with van der Waals surface area (Å²) in [7, 11) is 0. The molecule has 7 nitrogen and oxygen atoms in total. The Kier molecular flexibility index (Phi) is 7.96. The summed E-state index contributed by atoms with van der Waals surface area (Å²) in [5.41, 5.74) is 0. The van der Waals surface area contributed by atoms with Crippen LogP contribution in [-0.4, -0.2) is 78.9 Å². The molecule has 1 unspecified atom stereocenters. The van der Waals surface area contributed by atoms with Crippen molar-refractivity contribution in [2.24, 2.45) is 5.92 Å². The molecular weight excluding hydrogens is 402 g/mol. The van der Waals surface area contributed by atoms with Gasteiger partial charge in [0.25, 0.3) is 5.91 Å². The van der Waals surface area contributed by atoms with Crippen LogP contribution in [0.4, 0.5) is 4.79 Å². The number of nitrogens with zero attached hydrogens (tertiary/aromatic N) is 2. The van der Waals surface area contributed by atoms with E-state index >= 15 is 0 Å². The molecule has 2 aliphatic rings. The van der Waals surface area contributed by atoms with Crippen LogP contribution in [-0.2, 0) is 4.74 Å². The van der Waals surface area contributed by atoms with Gasteiger partial charge in [-0.25, -0.2) is 4.79 Å². The molecule has 0 aliphatic carbocycles. The predicted octanol–water partition coefficient (Wildman–Crippen LogP) is 3.00. The number of nitrogens with one attached hydrogen (secondary N) is 1. The number of morpholine rings is 1. The Morgan fingerprint density at radius 3 is 2.57 bits per heavy atom. The van der Waals surface area contributed by atoms with Crippen molar-refractivity contribution in [3.05, 3.63) is 21.3 Å². The fourth-order valence-corrected chi connectivity index (χ4v) is 4.81. The predicted molar refractivity (Wildman–Crippen MR) is 109 cm³/mol. The lowest BCUT2D eigenvalue weighted by atomic mass is 9.89. The topological polar surface area (TPSA) is 82.1 Å². The summed E-state index contributed by atoms with van der Waals surface area (Å²) in [4.78, 5) is 28.2. The minimum Gasteiger partial charge on any atom is -0.465 e. The summed E-state index contributed by atoms with van der Waals surface area (Å²) in [6, 6.07) is 3.57. The van der Waals surface area contributed by atoms with Crippen LogP contribution in [0.3, 0.4) is 0 Å². The van der Waals surface area contributed by atoms with Gasteiger partial charge in [0.2, 0.25) is 0 Å². The molecular formula is C19H28ClN3O4S. The molecule has 0 aromatic carbocycles. The Morgan fingerprint density at radius 1 is 1.25 bits per heavy atom. The first-order valence-corrected chi connectivity index (χ1v) is 11.0. The Bertz CT molecular complexity index is 657. The van der Waals surface area contributed by atoms with Crippen LogP contribution in [0.25, 0.3) is 0 Å². The lowest BCUT2D eigenvalue weighted by Gasteiger charge is -2.33. The van der Waals surface area contributed by atoms with Gasteiger partial charge in [0.05, 0.1) is 22.4 Å². The molecule has 3 rings (SSSR count). The van der Waals surface area contributed by atoms with E-state index in [4.69, 9.17) is 21.4 Å². The molecule has 0 saturated carbocycles. The molecule has 2 N–H and O–H groups in total. The third kappa shape index (κ3) is 6.34. The van der Waals surface area contributed by atoms with Crippen molar-refractivity contribution in [1.82, 2.24) is 15.1 Å². The number of piperidine rings is 1. The Hall–Kier alpha value is -1.35. The first-order valence-electron chi connectivity index (χ1n) is 9.85. The number of amides is 2. The molecule has 2 fully saturated rings. The summed E-state index contributed by atoms with van der Waals surface area (Å²) in [6.45, 7) is 5.45. The Morgan fingerprint density at radius 2 is 1.96 bits per heavy atom. The fraction of sp³-hybridized carbons (Fsp3) is 0.684. The summed E-state index contributed by atoms with van der Waals surface area (Å²) in [6.07, 6.45) is 2.61. The first kappa shape index (κ1) is 21.4. The van der Waals surface area contributed by atoms with Gasteiger partial charge in [-0.1, -0.05) is 11.6 Å². The van der Waals surface area contributed by atoms with Crippen molar-refractivity contribution in [3.8, 4) is 0 Å². The van der Waals surface area contributed by atoms with Gasteiger partial charge < -0.3 is 20.1 Å². The monoisotopic (exact) mass is 429 g/mol. The van der Waals surface area contributed by atoms with Gasteiger partial charge in [-0.2, -0.15) is 0 Å². The molecule has 9 heteroatoms. The molecule has 2 aliphatic heterocycles. The number of ether oxygens (including phenoxy) is 1. The van der Waals surface area contributed by atoms with Crippen LogP contribution < -0.4 is 5.32 Å². The van der Waals surface area contributed by atoms with E-state index < -0.39 is 6.09 Å². The molecule has 28 heavy (non-hydrogen) atoms. The maximum absolute atomic E-state index is 12.6. The van der Waals surface area contributed by atoms with E-state index in [1.807, 2.05) is 0 Å². The van der Waals surface area contributed by atoms with Gasteiger partial charge in [0, 0.05) is 38.8 Å². The molecule has 3 heterocycles. The number of carbonyl (C=O) groups excluding carboxylic acids is 1. The van der Waals surface area contributed by atoms with Crippen LogP contribution in [0.15, 0.2) is 12.1 Å². The normalized spacial score (nSPS) is 20.1. The lowest BCUT2D eigenvalue weighted by Crippen LogP contribution is -2.43. The summed E-state index contributed by atoms with van der Waals surface area (Å²) in [5, 5.41) is 12.3. The van der Waals surface area contributed by atoms with E-state index in [9.17, 15) is 9.59 Å². The minimum atomic E-state index is -0.842. The summed E-state index contributed by atoms with van der Waals surface area (Å²) < 4.78 is 6.01. The maximum Gasteiger partial charge on any atom is 0.407 e. The van der Waals surface area contributed by atoms with Gasteiger partial charge in [0.15, 0.2) is 0 Å². The van der Waals surface area contributed by atoms with Gasteiger partial charge in [0.1, 0.15) is 0 Å². The number of thiophene rings is 1. The SMILES string of the molecule is O=C(NC(CCN1CCOCC1)CC1CCN(C(=O)O)CC1)c1ccc(Cl)s1. The molecule has 2 amide bonds. The largest absolute Gasteiger partial charge is 0.465 e. The Labute approximate surface area is 174 Å². The minimum absolute atomic E-state index is 0.0672. The molecule has 1 aromatic heterocycles. The maximum atomic E-state index is 12.6. The Balaban J connectivity index is 1.55. The van der Waals surface area contributed by atoms with Crippen LogP contribution >= 0.6 is 22.9 Å². The van der Waals surface area contributed by atoms with Crippen LogP contribution in [0, 0.1) is 5.92 Å². The standard InChI is InChI=1S/C19H28ClN3O4S/c20-17-2-1-16(28-17)18(24)21-15(5-6-22-9-11-27-12-10-22)13-14-3-7-23(8-4-14)19(25)26/h1-2,14-15H,3-13H2,(H,21,24)(H,25,26). The molecule has 2 saturated heterocycles. The van der Waals surface area contributed by atoms with Crippen molar-refractivity contribution in [3.63, 3.8) is 0 Å². The third-order valence-corrected chi connectivity index (χ3v) is 6.76. The van der Waals surface area contributed by atoms with Crippen LogP contribution in [0.2, 0.25) is 4.34 Å². The van der Waals surface area contributed by atoms with Gasteiger partial charge in [-0.3, -0.25) is 9.69 Å². The number of carbonyl (C=O) groups is 2. The second-order valence-electron chi connectivity index (χ2n) is 7.47. The average Bonchev–Trinajstić information content (AvgIpc) is 3.14. The molecule has 156 valence electrons. The van der Waals surface area contributed by atoms with Crippen molar-refractivity contribution < 1.29 is 19.4 Å². The molecule has 0 radical (unpaired) electrons. The van der Waals surface area contributed by atoms with Crippen molar-refractivity contribution in [2.45, 2.75) is 31.7 Å². The van der Waals surface area contributed by atoms with E-state index in [2.05, 4.69) is 10.2 Å². The zero-order chi connectivity index (χ0) is 19.9.